The maximum absolute atomic E-state index is 13.2. The number of hydrogen-bond donors (Lipinski definition) is 1. The van der Waals surface area contributed by atoms with Crippen LogP contribution < -0.4 is 10.1 Å². The Balaban J connectivity index is 1.74. The molecule has 0 aliphatic carbocycles. The Morgan fingerprint density at radius 3 is 2.46 bits per heavy atom. The lowest BCUT2D eigenvalue weighted by atomic mass is 10.1. The van der Waals surface area contributed by atoms with E-state index in [2.05, 4.69) is 5.32 Å². The molecule has 120 valence electrons. The van der Waals surface area contributed by atoms with Crippen LogP contribution in [0.3, 0.4) is 0 Å². The molecule has 0 aromatic heterocycles. The highest BCUT2D eigenvalue weighted by Crippen LogP contribution is 2.21. The van der Waals surface area contributed by atoms with Crippen molar-refractivity contribution in [1.82, 2.24) is 0 Å². The number of hydrogen-bond acceptors (Lipinski definition) is 2. The average molecular weight is 321 g/mol. The highest BCUT2D eigenvalue weighted by Gasteiger charge is 2.12. The molecule has 3 aromatic carbocycles. The fourth-order valence-electron chi connectivity index (χ4n) is 2.29. The molecule has 0 unspecified atom stereocenters. The van der Waals surface area contributed by atoms with Gasteiger partial charge in [-0.3, -0.25) is 4.79 Å². The molecular weight excluding hydrogens is 305 g/mol. The van der Waals surface area contributed by atoms with Gasteiger partial charge in [-0.1, -0.05) is 42.5 Å². The van der Waals surface area contributed by atoms with Crippen LogP contribution in [0.5, 0.6) is 5.75 Å². The summed E-state index contributed by atoms with van der Waals surface area (Å²) in [6.45, 7) is 0.188. The van der Waals surface area contributed by atoms with Gasteiger partial charge in [-0.25, -0.2) is 4.39 Å². The van der Waals surface area contributed by atoms with Gasteiger partial charge in [0.15, 0.2) is 0 Å². The van der Waals surface area contributed by atoms with Crippen molar-refractivity contribution >= 4 is 11.6 Å². The number of ether oxygens (including phenoxy) is 1. The summed E-state index contributed by atoms with van der Waals surface area (Å²) in [5, 5.41) is 2.83. The molecule has 0 saturated carbocycles. The van der Waals surface area contributed by atoms with Crippen LogP contribution in [0.2, 0.25) is 0 Å². The van der Waals surface area contributed by atoms with E-state index in [1.54, 1.807) is 36.4 Å². The number of carbonyl (C=O) groups excluding carboxylic acids is 1. The number of carbonyl (C=O) groups is 1. The number of benzene rings is 3. The van der Waals surface area contributed by atoms with Crippen molar-refractivity contribution in [3.63, 3.8) is 0 Å². The van der Waals surface area contributed by atoms with E-state index in [9.17, 15) is 9.18 Å². The fourth-order valence-corrected chi connectivity index (χ4v) is 2.29. The lowest BCUT2D eigenvalue weighted by Crippen LogP contribution is -2.13. The topological polar surface area (TPSA) is 38.3 Å². The third-order valence-corrected chi connectivity index (χ3v) is 3.45. The second kappa shape index (κ2) is 7.42. The van der Waals surface area contributed by atoms with Gasteiger partial charge in [0, 0.05) is 5.69 Å². The van der Waals surface area contributed by atoms with Crippen molar-refractivity contribution in [2.75, 3.05) is 5.32 Å². The van der Waals surface area contributed by atoms with Gasteiger partial charge in [0.25, 0.3) is 5.91 Å². The number of nitrogens with one attached hydrogen (secondary N) is 1. The molecule has 0 aliphatic rings. The van der Waals surface area contributed by atoms with Crippen LogP contribution in [0.15, 0.2) is 78.9 Å². The molecule has 0 aliphatic heterocycles. The highest BCUT2D eigenvalue weighted by molar-refractivity contribution is 6.06. The Morgan fingerprint density at radius 1 is 0.917 bits per heavy atom. The van der Waals surface area contributed by atoms with Crippen LogP contribution in [-0.2, 0) is 6.61 Å². The molecule has 0 atom stereocenters. The zero-order valence-electron chi connectivity index (χ0n) is 12.9. The summed E-state index contributed by atoms with van der Waals surface area (Å²) in [5.74, 6) is -0.113. The van der Waals surface area contributed by atoms with Gasteiger partial charge >= 0.3 is 0 Å². The summed E-state index contributed by atoms with van der Waals surface area (Å²) in [6, 6.07) is 22.4. The van der Waals surface area contributed by atoms with Gasteiger partial charge in [0.2, 0.25) is 0 Å². The summed E-state index contributed by atoms with van der Waals surface area (Å²) >= 11 is 0. The minimum Gasteiger partial charge on any atom is -0.488 e. The lowest BCUT2D eigenvalue weighted by molar-refractivity contribution is 0.102. The first-order valence-corrected chi connectivity index (χ1v) is 7.55. The second-order valence-corrected chi connectivity index (χ2v) is 5.23. The SMILES string of the molecule is O=C(Nc1ccccc1)c1ccccc1OCc1cccc(F)c1. The largest absolute Gasteiger partial charge is 0.488 e. The van der Waals surface area contributed by atoms with Crippen LogP contribution >= 0.6 is 0 Å². The number of para-hydroxylation sites is 2. The van der Waals surface area contributed by atoms with Crippen molar-refractivity contribution in [2.45, 2.75) is 6.61 Å². The zero-order chi connectivity index (χ0) is 16.8. The van der Waals surface area contributed by atoms with Gasteiger partial charge in [-0.15, -0.1) is 0 Å². The molecule has 3 nitrogen and oxygen atoms in total. The van der Waals surface area contributed by atoms with Gasteiger partial charge in [-0.2, -0.15) is 0 Å². The zero-order valence-corrected chi connectivity index (χ0v) is 12.9. The summed E-state index contributed by atoms with van der Waals surface area (Å²) in [6.07, 6.45) is 0. The summed E-state index contributed by atoms with van der Waals surface area (Å²) in [4.78, 5) is 12.4. The van der Waals surface area contributed by atoms with E-state index >= 15 is 0 Å². The van der Waals surface area contributed by atoms with E-state index in [-0.39, 0.29) is 18.3 Å². The normalized spacial score (nSPS) is 10.2. The van der Waals surface area contributed by atoms with Crippen molar-refractivity contribution < 1.29 is 13.9 Å². The number of amides is 1. The fraction of sp³-hybridized carbons (Fsp3) is 0.0500. The van der Waals surface area contributed by atoms with Crippen molar-refractivity contribution in [2.24, 2.45) is 0 Å². The molecule has 24 heavy (non-hydrogen) atoms. The molecule has 0 saturated heterocycles. The smallest absolute Gasteiger partial charge is 0.259 e. The van der Waals surface area contributed by atoms with Crippen molar-refractivity contribution in [1.29, 1.82) is 0 Å². The molecule has 1 N–H and O–H groups in total. The Bertz CT molecular complexity index is 834. The van der Waals surface area contributed by atoms with Gasteiger partial charge in [0.1, 0.15) is 18.2 Å². The number of anilines is 1. The maximum Gasteiger partial charge on any atom is 0.259 e. The minimum atomic E-state index is -0.314. The monoisotopic (exact) mass is 321 g/mol. The quantitative estimate of drug-likeness (QED) is 0.742. The highest BCUT2D eigenvalue weighted by atomic mass is 19.1. The molecule has 0 fully saturated rings. The van der Waals surface area contributed by atoms with Gasteiger partial charge < -0.3 is 10.1 Å². The second-order valence-electron chi connectivity index (χ2n) is 5.23. The van der Waals surface area contributed by atoms with E-state index in [1.807, 2.05) is 30.3 Å². The molecule has 0 bridgehead atoms. The Morgan fingerprint density at radius 2 is 1.67 bits per heavy atom. The van der Waals surface area contributed by atoms with E-state index in [4.69, 9.17) is 4.74 Å². The molecule has 4 heteroatoms. The van der Waals surface area contributed by atoms with Crippen molar-refractivity contribution in [3.05, 3.63) is 95.8 Å². The Kier molecular flexibility index (Phi) is 4.87. The van der Waals surface area contributed by atoms with Crippen LogP contribution in [0, 0.1) is 5.82 Å². The molecule has 3 aromatic rings. The third kappa shape index (κ3) is 3.98. The summed E-state index contributed by atoms with van der Waals surface area (Å²) in [7, 11) is 0. The first kappa shape index (κ1) is 15.7. The van der Waals surface area contributed by atoms with Crippen molar-refractivity contribution in [3.8, 4) is 5.75 Å². The average Bonchev–Trinajstić information content (AvgIpc) is 2.61. The number of halogens is 1. The van der Waals surface area contributed by atoms with Crippen LogP contribution in [0.1, 0.15) is 15.9 Å². The maximum atomic E-state index is 13.2. The Labute approximate surface area is 139 Å². The Hall–Kier alpha value is -3.14. The molecule has 3 rings (SSSR count). The first-order chi connectivity index (χ1) is 11.7. The van der Waals surface area contributed by atoms with E-state index in [0.717, 1.165) is 0 Å². The van der Waals surface area contributed by atoms with Crippen LogP contribution in [0.4, 0.5) is 10.1 Å². The van der Waals surface area contributed by atoms with Gasteiger partial charge in [0.05, 0.1) is 5.56 Å². The first-order valence-electron chi connectivity index (χ1n) is 7.55. The third-order valence-electron chi connectivity index (χ3n) is 3.45. The lowest BCUT2D eigenvalue weighted by Gasteiger charge is -2.12. The number of rotatable bonds is 5. The standard InChI is InChI=1S/C20H16FNO2/c21-16-8-6-7-15(13-16)14-24-19-12-5-4-11-18(19)20(23)22-17-9-2-1-3-10-17/h1-13H,14H2,(H,22,23). The predicted octanol–water partition coefficient (Wildman–Crippen LogP) is 4.66. The van der Waals surface area contributed by atoms with Crippen LogP contribution in [0.25, 0.3) is 0 Å². The molecular formula is C20H16FNO2. The van der Waals surface area contributed by atoms with E-state index in [1.165, 1.54) is 12.1 Å². The molecule has 0 heterocycles. The summed E-state index contributed by atoms with van der Waals surface area (Å²) in [5.41, 5.74) is 1.84. The molecule has 0 radical (unpaired) electrons. The van der Waals surface area contributed by atoms with Gasteiger partial charge in [-0.05, 0) is 42.0 Å². The van der Waals surface area contributed by atoms with E-state index in [0.29, 0.717) is 22.6 Å². The molecule has 1 amide bonds. The van der Waals surface area contributed by atoms with E-state index < -0.39 is 0 Å². The van der Waals surface area contributed by atoms with Crippen LogP contribution in [-0.4, -0.2) is 5.91 Å². The minimum absolute atomic E-state index is 0.188. The molecule has 0 spiro atoms. The predicted molar refractivity (Wildman–Crippen MR) is 91.6 cm³/mol. The summed E-state index contributed by atoms with van der Waals surface area (Å²) < 4.78 is 18.9.